The molecule has 0 saturated heterocycles. The lowest BCUT2D eigenvalue weighted by Gasteiger charge is -2.25. The Hall–Kier alpha value is -1.16. The number of Topliss-reactive ketones (excluding diaryl/α,β-unsaturated/α-hetero) is 1. The summed E-state index contributed by atoms with van der Waals surface area (Å²) in [5.41, 5.74) is 6.65. The van der Waals surface area contributed by atoms with E-state index in [1.807, 2.05) is 13.0 Å². The van der Waals surface area contributed by atoms with Crippen molar-refractivity contribution in [3.8, 4) is 0 Å². The zero-order chi connectivity index (χ0) is 11.5. The van der Waals surface area contributed by atoms with Crippen molar-refractivity contribution in [2.45, 2.75) is 45.2 Å². The molecule has 1 fully saturated rings. The highest BCUT2D eigenvalue weighted by molar-refractivity contribution is 5.96. The van der Waals surface area contributed by atoms with Gasteiger partial charge in [-0.15, -0.1) is 0 Å². The van der Waals surface area contributed by atoms with Crippen LogP contribution >= 0.6 is 0 Å². The summed E-state index contributed by atoms with van der Waals surface area (Å²) < 4.78 is 1.77. The lowest BCUT2D eigenvalue weighted by Crippen LogP contribution is -2.32. The van der Waals surface area contributed by atoms with Crippen LogP contribution in [0.4, 0.5) is 0 Å². The minimum absolute atomic E-state index is 0.103. The van der Waals surface area contributed by atoms with Crippen LogP contribution in [0.2, 0.25) is 0 Å². The molecule has 2 atom stereocenters. The number of hydrogen-bond acceptors (Lipinski definition) is 3. The second kappa shape index (κ2) is 4.78. The Kier molecular flexibility index (Phi) is 3.39. The Bertz CT molecular complexity index is 372. The van der Waals surface area contributed by atoms with E-state index in [1.165, 1.54) is 0 Å². The molecule has 0 radical (unpaired) electrons. The van der Waals surface area contributed by atoms with Crippen LogP contribution in [0.3, 0.4) is 0 Å². The van der Waals surface area contributed by atoms with E-state index < -0.39 is 0 Å². The second-order valence-corrected chi connectivity index (χ2v) is 4.52. The quantitative estimate of drug-likeness (QED) is 0.789. The van der Waals surface area contributed by atoms with Gasteiger partial charge < -0.3 is 5.73 Å². The van der Waals surface area contributed by atoms with Gasteiger partial charge in [-0.3, -0.25) is 9.48 Å². The molecule has 1 aliphatic rings. The molecule has 0 amide bonds. The molecule has 0 aliphatic heterocycles. The van der Waals surface area contributed by atoms with Gasteiger partial charge in [-0.1, -0.05) is 6.42 Å². The van der Waals surface area contributed by atoms with Crippen LogP contribution in [-0.4, -0.2) is 21.6 Å². The maximum atomic E-state index is 12.3. The summed E-state index contributed by atoms with van der Waals surface area (Å²) in [6.45, 7) is 2.74. The first kappa shape index (κ1) is 11.3. The fourth-order valence-electron chi connectivity index (χ4n) is 2.47. The van der Waals surface area contributed by atoms with Gasteiger partial charge in [0.15, 0.2) is 5.78 Å². The molecule has 1 aromatic heterocycles. The number of ketones is 1. The van der Waals surface area contributed by atoms with Gasteiger partial charge in [0.05, 0.1) is 0 Å². The summed E-state index contributed by atoms with van der Waals surface area (Å²) in [5, 5.41) is 4.13. The Morgan fingerprint density at radius 3 is 3.12 bits per heavy atom. The summed E-state index contributed by atoms with van der Waals surface area (Å²) in [5.74, 6) is 0.320. The Morgan fingerprint density at radius 2 is 2.44 bits per heavy atom. The summed E-state index contributed by atoms with van der Waals surface area (Å²) in [6, 6.07) is 2.01. The number of carbonyl (C=O) groups excluding carboxylic acids is 1. The average molecular weight is 221 g/mol. The zero-order valence-electron chi connectivity index (χ0n) is 9.72. The van der Waals surface area contributed by atoms with Gasteiger partial charge in [0.25, 0.3) is 0 Å². The van der Waals surface area contributed by atoms with E-state index in [9.17, 15) is 4.79 Å². The van der Waals surface area contributed by atoms with E-state index in [0.29, 0.717) is 0 Å². The topological polar surface area (TPSA) is 60.9 Å². The molecule has 2 N–H and O–H groups in total. The number of carbonyl (C=O) groups is 1. The molecule has 4 heteroatoms. The van der Waals surface area contributed by atoms with Crippen LogP contribution in [0.5, 0.6) is 0 Å². The van der Waals surface area contributed by atoms with Crippen LogP contribution < -0.4 is 5.73 Å². The molecule has 0 aromatic carbocycles. The maximum absolute atomic E-state index is 12.3. The third-order valence-corrected chi connectivity index (χ3v) is 3.35. The van der Waals surface area contributed by atoms with Gasteiger partial charge in [-0.05, 0) is 32.3 Å². The maximum Gasteiger partial charge on any atom is 0.183 e. The lowest BCUT2D eigenvalue weighted by molar-refractivity contribution is 0.0870. The van der Waals surface area contributed by atoms with Gasteiger partial charge in [0.2, 0.25) is 0 Å². The molecule has 1 aliphatic carbocycles. The first-order valence-corrected chi connectivity index (χ1v) is 6.04. The van der Waals surface area contributed by atoms with Crippen LogP contribution in [0.15, 0.2) is 12.3 Å². The largest absolute Gasteiger partial charge is 0.328 e. The Balaban J connectivity index is 2.12. The van der Waals surface area contributed by atoms with Gasteiger partial charge >= 0.3 is 0 Å². The van der Waals surface area contributed by atoms with E-state index in [4.69, 9.17) is 5.73 Å². The van der Waals surface area contributed by atoms with Crippen molar-refractivity contribution < 1.29 is 4.79 Å². The number of rotatable bonds is 3. The fraction of sp³-hybridized carbons (Fsp3) is 0.667. The lowest BCUT2D eigenvalue weighted by atomic mass is 9.82. The van der Waals surface area contributed by atoms with Gasteiger partial charge in [0, 0.05) is 24.7 Å². The van der Waals surface area contributed by atoms with Crippen molar-refractivity contribution in [2.75, 3.05) is 0 Å². The van der Waals surface area contributed by atoms with Gasteiger partial charge in [0.1, 0.15) is 5.69 Å². The van der Waals surface area contributed by atoms with Crippen LogP contribution in [0.1, 0.15) is 43.1 Å². The first-order valence-electron chi connectivity index (χ1n) is 6.04. The Labute approximate surface area is 95.8 Å². The summed E-state index contributed by atoms with van der Waals surface area (Å²) in [7, 11) is 0. The molecule has 4 nitrogen and oxygen atoms in total. The number of aryl methyl sites for hydroxylation is 1. The molecule has 88 valence electrons. The van der Waals surface area contributed by atoms with Crippen LogP contribution in [-0.2, 0) is 6.54 Å². The molecule has 0 bridgehead atoms. The summed E-state index contributed by atoms with van der Waals surface area (Å²) >= 11 is 0. The smallest absolute Gasteiger partial charge is 0.183 e. The summed E-state index contributed by atoms with van der Waals surface area (Å²) in [6.07, 6.45) is 5.61. The standard InChI is InChI=1S/C12H19N3O/c1-2-15-11(6-7-14-15)12(16)9-4-3-5-10(13)8-9/h6-7,9-10H,2-5,8,13H2,1H3. The second-order valence-electron chi connectivity index (χ2n) is 4.52. The third-order valence-electron chi connectivity index (χ3n) is 3.35. The molecular formula is C12H19N3O. The van der Waals surface area contributed by atoms with Crippen molar-refractivity contribution >= 4 is 5.78 Å². The van der Waals surface area contributed by atoms with E-state index in [2.05, 4.69) is 5.10 Å². The fourth-order valence-corrected chi connectivity index (χ4v) is 2.47. The first-order chi connectivity index (χ1) is 7.72. The van der Waals surface area contributed by atoms with E-state index in [-0.39, 0.29) is 17.7 Å². The number of nitrogens with two attached hydrogens (primary N) is 1. The zero-order valence-corrected chi connectivity index (χ0v) is 9.72. The average Bonchev–Trinajstić information content (AvgIpc) is 2.76. The number of hydrogen-bond donors (Lipinski definition) is 1. The number of nitrogens with zero attached hydrogens (tertiary/aromatic N) is 2. The molecule has 1 heterocycles. The minimum Gasteiger partial charge on any atom is -0.328 e. The number of aromatic nitrogens is 2. The Morgan fingerprint density at radius 1 is 1.62 bits per heavy atom. The van der Waals surface area contributed by atoms with E-state index in [1.54, 1.807) is 10.9 Å². The van der Waals surface area contributed by atoms with Gasteiger partial charge in [-0.25, -0.2) is 0 Å². The van der Waals surface area contributed by atoms with Crippen molar-refractivity contribution in [3.63, 3.8) is 0 Å². The molecule has 16 heavy (non-hydrogen) atoms. The van der Waals surface area contributed by atoms with Crippen molar-refractivity contribution in [1.29, 1.82) is 0 Å². The highest BCUT2D eigenvalue weighted by Crippen LogP contribution is 2.26. The molecule has 0 spiro atoms. The molecule has 2 rings (SSSR count). The van der Waals surface area contributed by atoms with Gasteiger partial charge in [-0.2, -0.15) is 5.10 Å². The van der Waals surface area contributed by atoms with Crippen molar-refractivity contribution in [3.05, 3.63) is 18.0 Å². The third kappa shape index (κ3) is 2.16. The monoisotopic (exact) mass is 221 g/mol. The van der Waals surface area contributed by atoms with Crippen molar-refractivity contribution in [1.82, 2.24) is 9.78 Å². The normalized spacial score (nSPS) is 25.6. The predicted octanol–water partition coefficient (Wildman–Crippen LogP) is 1.60. The molecule has 1 aromatic rings. The van der Waals surface area contributed by atoms with Crippen LogP contribution in [0, 0.1) is 5.92 Å². The van der Waals surface area contributed by atoms with Crippen LogP contribution in [0.25, 0.3) is 0 Å². The molecular weight excluding hydrogens is 202 g/mol. The summed E-state index contributed by atoms with van der Waals surface area (Å²) in [4.78, 5) is 12.3. The highest BCUT2D eigenvalue weighted by Gasteiger charge is 2.27. The van der Waals surface area contributed by atoms with E-state index >= 15 is 0 Å². The SMILES string of the molecule is CCn1nccc1C(=O)C1CCCC(N)C1. The minimum atomic E-state index is 0.103. The van der Waals surface area contributed by atoms with E-state index in [0.717, 1.165) is 37.9 Å². The predicted molar refractivity (Wildman–Crippen MR) is 62.2 cm³/mol. The van der Waals surface area contributed by atoms with Crippen molar-refractivity contribution in [2.24, 2.45) is 11.7 Å². The molecule has 1 saturated carbocycles. The highest BCUT2D eigenvalue weighted by atomic mass is 16.1. The molecule has 2 unspecified atom stereocenters.